The number of aryl methyl sites for hydroxylation is 1. The molecule has 3 heterocycles. The van der Waals surface area contributed by atoms with E-state index in [1.54, 1.807) is 11.8 Å². The summed E-state index contributed by atoms with van der Waals surface area (Å²) in [6, 6.07) is 14.0. The zero-order valence-corrected chi connectivity index (χ0v) is 17.1. The number of benzene rings is 1. The van der Waals surface area contributed by atoms with Gasteiger partial charge >= 0.3 is 0 Å². The van der Waals surface area contributed by atoms with Gasteiger partial charge in [-0.25, -0.2) is 4.98 Å². The molecule has 6 nitrogen and oxygen atoms in total. The second-order valence-electron chi connectivity index (χ2n) is 6.60. The minimum Gasteiger partial charge on any atom is -0.482 e. The summed E-state index contributed by atoms with van der Waals surface area (Å²) in [5, 5.41) is 9.70. The third-order valence-electron chi connectivity index (χ3n) is 4.59. The topological polar surface area (TPSA) is 57.2 Å². The van der Waals surface area contributed by atoms with E-state index in [4.69, 9.17) is 4.74 Å². The maximum absolute atomic E-state index is 6.14. The predicted molar refractivity (Wildman–Crippen MR) is 111 cm³/mol. The van der Waals surface area contributed by atoms with Gasteiger partial charge in [0.2, 0.25) is 0 Å². The lowest BCUT2D eigenvalue weighted by Crippen LogP contribution is -2.12. The van der Waals surface area contributed by atoms with Gasteiger partial charge in [0.05, 0.1) is 5.69 Å². The van der Waals surface area contributed by atoms with Crippen LogP contribution in [0.2, 0.25) is 0 Å². The average Bonchev–Trinajstić information content (AvgIpc) is 3.31. The van der Waals surface area contributed by atoms with Crippen molar-refractivity contribution in [3.63, 3.8) is 0 Å². The minimum absolute atomic E-state index is 0.182. The van der Waals surface area contributed by atoms with Gasteiger partial charge in [-0.2, -0.15) is 0 Å². The van der Waals surface area contributed by atoms with Crippen LogP contribution < -0.4 is 4.74 Å². The quantitative estimate of drug-likeness (QED) is 0.427. The van der Waals surface area contributed by atoms with E-state index in [1.165, 1.54) is 0 Å². The number of pyridine rings is 1. The number of aromatic nitrogens is 5. The Hall–Kier alpha value is -2.80. The molecule has 0 amide bonds. The van der Waals surface area contributed by atoms with Crippen molar-refractivity contribution in [3.05, 3.63) is 71.9 Å². The first-order valence-electron chi connectivity index (χ1n) is 9.36. The molecule has 0 aliphatic rings. The van der Waals surface area contributed by atoms with Gasteiger partial charge in [-0.05, 0) is 44.5 Å². The number of thioether (sulfide) groups is 1. The summed E-state index contributed by atoms with van der Waals surface area (Å²) in [7, 11) is 0. The molecular formula is C21H23N5OS. The van der Waals surface area contributed by atoms with E-state index in [0.717, 1.165) is 45.9 Å². The summed E-state index contributed by atoms with van der Waals surface area (Å²) in [6.45, 7) is 6.95. The van der Waals surface area contributed by atoms with Crippen molar-refractivity contribution in [2.75, 3.05) is 0 Å². The highest BCUT2D eigenvalue weighted by atomic mass is 32.2. The molecule has 0 bridgehead atoms. The Balaban J connectivity index is 1.49. The van der Waals surface area contributed by atoms with Crippen molar-refractivity contribution in [2.24, 2.45) is 0 Å². The number of nitrogens with zero attached hydrogens (tertiary/aromatic N) is 5. The molecule has 28 heavy (non-hydrogen) atoms. The molecule has 7 heteroatoms. The van der Waals surface area contributed by atoms with Crippen LogP contribution in [0.25, 0.3) is 5.65 Å². The van der Waals surface area contributed by atoms with Crippen LogP contribution in [0.3, 0.4) is 0 Å². The molecule has 0 saturated heterocycles. The van der Waals surface area contributed by atoms with Crippen LogP contribution >= 0.6 is 11.8 Å². The number of fused-ring (bicyclic) bond motifs is 1. The second-order valence-corrected chi connectivity index (χ2v) is 7.54. The Kier molecular flexibility index (Phi) is 5.34. The molecule has 0 saturated carbocycles. The Morgan fingerprint density at radius 1 is 1.11 bits per heavy atom. The Morgan fingerprint density at radius 2 is 1.93 bits per heavy atom. The first-order chi connectivity index (χ1) is 13.7. The van der Waals surface area contributed by atoms with E-state index in [1.807, 2.05) is 66.9 Å². The Bertz CT molecular complexity index is 1050. The van der Waals surface area contributed by atoms with Gasteiger partial charge in [0.25, 0.3) is 0 Å². The second kappa shape index (κ2) is 8.06. The lowest BCUT2D eigenvalue weighted by Gasteiger charge is -2.16. The first kappa shape index (κ1) is 18.6. The number of ether oxygens (including phenoxy) is 1. The van der Waals surface area contributed by atoms with E-state index in [2.05, 4.69) is 32.9 Å². The highest BCUT2D eigenvalue weighted by Gasteiger charge is 2.19. The van der Waals surface area contributed by atoms with Crippen molar-refractivity contribution < 1.29 is 4.74 Å². The van der Waals surface area contributed by atoms with E-state index in [-0.39, 0.29) is 6.10 Å². The van der Waals surface area contributed by atoms with Gasteiger partial charge in [0, 0.05) is 24.7 Å². The zero-order chi connectivity index (χ0) is 19.5. The summed E-state index contributed by atoms with van der Waals surface area (Å²) < 4.78 is 10.3. The van der Waals surface area contributed by atoms with Crippen molar-refractivity contribution in [1.82, 2.24) is 24.1 Å². The largest absolute Gasteiger partial charge is 0.482 e. The molecule has 4 rings (SSSR count). The third-order valence-corrected chi connectivity index (χ3v) is 5.59. The molecule has 1 aromatic carbocycles. The number of hydrogen-bond acceptors (Lipinski definition) is 5. The molecule has 0 spiro atoms. The molecular weight excluding hydrogens is 370 g/mol. The van der Waals surface area contributed by atoms with Crippen LogP contribution in [0.1, 0.15) is 37.0 Å². The highest BCUT2D eigenvalue weighted by molar-refractivity contribution is 7.98. The first-order valence-corrected chi connectivity index (χ1v) is 10.3. The molecule has 0 aliphatic carbocycles. The average molecular weight is 394 g/mol. The van der Waals surface area contributed by atoms with E-state index in [0.29, 0.717) is 0 Å². The minimum atomic E-state index is -0.182. The van der Waals surface area contributed by atoms with Crippen LogP contribution in [0.5, 0.6) is 5.75 Å². The van der Waals surface area contributed by atoms with Crippen LogP contribution in [-0.2, 0) is 12.3 Å². The fourth-order valence-corrected chi connectivity index (χ4v) is 4.02. The van der Waals surface area contributed by atoms with E-state index in [9.17, 15) is 0 Å². The monoisotopic (exact) mass is 393 g/mol. The fourth-order valence-electron chi connectivity index (χ4n) is 3.13. The SMILES string of the molecule is CCn1c(SCc2cn3ccccc3n2)nnc1C(C)Oc1ccccc1C. The summed E-state index contributed by atoms with van der Waals surface area (Å²) in [5.41, 5.74) is 3.09. The molecule has 4 aromatic rings. The molecule has 1 atom stereocenters. The molecule has 3 aromatic heterocycles. The molecule has 144 valence electrons. The van der Waals surface area contributed by atoms with E-state index >= 15 is 0 Å². The predicted octanol–water partition coefficient (Wildman–Crippen LogP) is 4.69. The molecule has 0 N–H and O–H groups in total. The lowest BCUT2D eigenvalue weighted by atomic mass is 10.2. The van der Waals surface area contributed by atoms with Gasteiger partial charge in [0.1, 0.15) is 11.4 Å². The van der Waals surface area contributed by atoms with Crippen molar-refractivity contribution in [3.8, 4) is 5.75 Å². The van der Waals surface area contributed by atoms with Crippen molar-refractivity contribution in [1.29, 1.82) is 0 Å². The van der Waals surface area contributed by atoms with Crippen LogP contribution in [0, 0.1) is 6.92 Å². The Labute approximate surface area is 168 Å². The standard InChI is InChI=1S/C21H23N5OS/c1-4-26-20(16(3)27-18-10-6-5-9-15(18)2)23-24-21(26)28-14-17-13-25-12-8-7-11-19(25)22-17/h5-13,16H,4,14H2,1-3H3. The van der Waals surface area contributed by atoms with Gasteiger partial charge in [-0.1, -0.05) is 36.0 Å². The van der Waals surface area contributed by atoms with Gasteiger partial charge < -0.3 is 13.7 Å². The zero-order valence-electron chi connectivity index (χ0n) is 16.2. The van der Waals surface area contributed by atoms with E-state index < -0.39 is 0 Å². The lowest BCUT2D eigenvalue weighted by molar-refractivity contribution is 0.208. The van der Waals surface area contributed by atoms with Gasteiger partial charge in [-0.3, -0.25) is 0 Å². The van der Waals surface area contributed by atoms with Crippen molar-refractivity contribution in [2.45, 2.75) is 44.3 Å². The summed E-state index contributed by atoms with van der Waals surface area (Å²) in [5.74, 6) is 2.45. The number of rotatable bonds is 7. The van der Waals surface area contributed by atoms with Crippen LogP contribution in [0.15, 0.2) is 60.0 Å². The van der Waals surface area contributed by atoms with Crippen LogP contribution in [0.4, 0.5) is 0 Å². The number of imidazole rings is 1. The number of hydrogen-bond donors (Lipinski definition) is 0. The maximum atomic E-state index is 6.14. The smallest absolute Gasteiger partial charge is 0.191 e. The van der Waals surface area contributed by atoms with Gasteiger partial charge in [0.15, 0.2) is 17.1 Å². The highest BCUT2D eigenvalue weighted by Crippen LogP contribution is 2.27. The molecule has 0 radical (unpaired) electrons. The van der Waals surface area contributed by atoms with Crippen LogP contribution in [-0.4, -0.2) is 24.1 Å². The van der Waals surface area contributed by atoms with Gasteiger partial charge in [-0.15, -0.1) is 10.2 Å². The fraction of sp³-hybridized carbons (Fsp3) is 0.286. The molecule has 0 fully saturated rings. The third kappa shape index (κ3) is 3.75. The molecule has 1 unspecified atom stereocenters. The number of para-hydroxylation sites is 1. The maximum Gasteiger partial charge on any atom is 0.191 e. The summed E-state index contributed by atoms with van der Waals surface area (Å²) in [4.78, 5) is 4.65. The van der Waals surface area contributed by atoms with Crippen molar-refractivity contribution >= 4 is 17.4 Å². The molecule has 0 aliphatic heterocycles. The normalized spacial score (nSPS) is 12.4. The Morgan fingerprint density at radius 3 is 2.71 bits per heavy atom. The summed E-state index contributed by atoms with van der Waals surface area (Å²) >= 11 is 1.65. The summed E-state index contributed by atoms with van der Waals surface area (Å²) in [6.07, 6.45) is 3.88.